The molecule has 0 amide bonds. The predicted octanol–water partition coefficient (Wildman–Crippen LogP) is 4.80. The summed E-state index contributed by atoms with van der Waals surface area (Å²) in [5, 5.41) is 12.9. The SMILES string of the molecule is CC.CSc1nc(Cl)c(C#N)c(Nc2ccc(C)cc2)n1. The van der Waals surface area contributed by atoms with Gasteiger partial charge in [-0.25, -0.2) is 9.97 Å². The van der Waals surface area contributed by atoms with Crippen LogP contribution in [-0.4, -0.2) is 16.2 Å². The summed E-state index contributed by atoms with van der Waals surface area (Å²) >= 11 is 7.35. The molecule has 0 aliphatic carbocycles. The van der Waals surface area contributed by atoms with Crippen LogP contribution >= 0.6 is 23.4 Å². The second-order valence-corrected chi connectivity index (χ2v) is 4.96. The van der Waals surface area contributed by atoms with Crippen molar-refractivity contribution < 1.29 is 0 Å². The average Bonchev–Trinajstić information content (AvgIpc) is 2.51. The van der Waals surface area contributed by atoms with E-state index < -0.39 is 0 Å². The van der Waals surface area contributed by atoms with Crippen molar-refractivity contribution in [3.63, 3.8) is 0 Å². The van der Waals surface area contributed by atoms with Gasteiger partial charge in [0.1, 0.15) is 11.6 Å². The number of nitriles is 1. The number of thioether (sulfide) groups is 1. The minimum atomic E-state index is 0.163. The highest BCUT2D eigenvalue weighted by Crippen LogP contribution is 2.26. The number of aryl methyl sites for hydroxylation is 1. The lowest BCUT2D eigenvalue weighted by Crippen LogP contribution is -2.01. The van der Waals surface area contributed by atoms with E-state index in [0.717, 1.165) is 11.3 Å². The molecule has 0 saturated heterocycles. The van der Waals surface area contributed by atoms with Gasteiger partial charge in [-0.1, -0.05) is 54.9 Å². The molecule has 21 heavy (non-hydrogen) atoms. The number of hydrogen-bond donors (Lipinski definition) is 1. The molecule has 1 aromatic heterocycles. The van der Waals surface area contributed by atoms with Crippen molar-refractivity contribution in [1.82, 2.24) is 9.97 Å². The third-order valence-corrected chi connectivity index (χ3v) is 3.27. The van der Waals surface area contributed by atoms with Crippen LogP contribution in [0, 0.1) is 18.3 Å². The molecule has 1 aromatic carbocycles. The topological polar surface area (TPSA) is 61.6 Å². The fourth-order valence-corrected chi connectivity index (χ4v) is 2.10. The number of rotatable bonds is 3. The first-order valence-electron chi connectivity index (χ1n) is 6.49. The van der Waals surface area contributed by atoms with Crippen molar-refractivity contribution in [2.75, 3.05) is 11.6 Å². The molecule has 4 nitrogen and oxygen atoms in total. The molecule has 0 unspecified atom stereocenters. The van der Waals surface area contributed by atoms with Gasteiger partial charge in [0.25, 0.3) is 0 Å². The fourth-order valence-electron chi connectivity index (χ4n) is 1.47. The number of anilines is 2. The molecule has 2 rings (SSSR count). The second-order valence-electron chi connectivity index (χ2n) is 3.83. The predicted molar refractivity (Wildman–Crippen MR) is 89.3 cm³/mol. The van der Waals surface area contributed by atoms with Gasteiger partial charge in [0.05, 0.1) is 0 Å². The van der Waals surface area contributed by atoms with E-state index in [1.165, 1.54) is 11.8 Å². The van der Waals surface area contributed by atoms with Gasteiger partial charge in [-0.2, -0.15) is 5.26 Å². The number of nitrogens with one attached hydrogen (secondary N) is 1. The molecule has 0 saturated carbocycles. The van der Waals surface area contributed by atoms with Gasteiger partial charge < -0.3 is 5.32 Å². The minimum Gasteiger partial charge on any atom is -0.339 e. The van der Waals surface area contributed by atoms with Crippen molar-refractivity contribution in [2.45, 2.75) is 25.9 Å². The highest BCUT2D eigenvalue weighted by Gasteiger charge is 2.12. The lowest BCUT2D eigenvalue weighted by Gasteiger charge is -2.09. The third kappa shape index (κ3) is 4.62. The lowest BCUT2D eigenvalue weighted by molar-refractivity contribution is 0.969. The largest absolute Gasteiger partial charge is 0.339 e. The molecule has 1 heterocycles. The Kier molecular flexibility index (Phi) is 7.00. The summed E-state index contributed by atoms with van der Waals surface area (Å²) in [7, 11) is 0. The van der Waals surface area contributed by atoms with Gasteiger partial charge in [0.2, 0.25) is 0 Å². The van der Waals surface area contributed by atoms with Gasteiger partial charge in [-0.05, 0) is 25.3 Å². The molecule has 0 spiro atoms. The molecular weight excluding hydrogens is 304 g/mol. The van der Waals surface area contributed by atoms with Crippen LogP contribution in [0.5, 0.6) is 0 Å². The highest BCUT2D eigenvalue weighted by molar-refractivity contribution is 7.98. The molecule has 0 aliphatic heterocycles. The summed E-state index contributed by atoms with van der Waals surface area (Å²) in [5.74, 6) is 0.427. The standard InChI is InChI=1S/C13H11ClN4S.C2H6/c1-8-3-5-9(6-4-8)16-12-10(7-15)11(14)17-13(18-12)19-2;1-2/h3-6H,1-2H3,(H,16,17,18);1-2H3. The molecule has 110 valence electrons. The Bertz CT molecular complexity index is 635. The van der Waals surface area contributed by atoms with Crippen LogP contribution in [0.15, 0.2) is 29.4 Å². The maximum absolute atomic E-state index is 9.12. The van der Waals surface area contributed by atoms with Crippen molar-refractivity contribution in [2.24, 2.45) is 0 Å². The first-order chi connectivity index (χ1) is 10.1. The molecule has 0 bridgehead atoms. The summed E-state index contributed by atoms with van der Waals surface area (Å²) in [6, 6.07) is 9.82. The van der Waals surface area contributed by atoms with Crippen molar-refractivity contribution in [1.29, 1.82) is 5.26 Å². The first-order valence-corrected chi connectivity index (χ1v) is 8.09. The van der Waals surface area contributed by atoms with Gasteiger partial charge in [-0.3, -0.25) is 0 Å². The number of benzene rings is 1. The van der Waals surface area contributed by atoms with E-state index in [9.17, 15) is 0 Å². The zero-order chi connectivity index (χ0) is 15.8. The zero-order valence-corrected chi connectivity index (χ0v) is 14.0. The van der Waals surface area contributed by atoms with Crippen molar-refractivity contribution >= 4 is 34.9 Å². The zero-order valence-electron chi connectivity index (χ0n) is 12.4. The Morgan fingerprint density at radius 2 is 1.81 bits per heavy atom. The second kappa shape index (κ2) is 8.50. The van der Waals surface area contributed by atoms with Gasteiger partial charge >= 0.3 is 0 Å². The van der Waals surface area contributed by atoms with Crippen molar-refractivity contribution in [3.05, 3.63) is 40.5 Å². The van der Waals surface area contributed by atoms with Gasteiger partial charge in [0.15, 0.2) is 16.1 Å². The lowest BCUT2D eigenvalue weighted by atomic mass is 10.2. The number of hydrogen-bond acceptors (Lipinski definition) is 5. The molecule has 6 heteroatoms. The van der Waals surface area contributed by atoms with E-state index in [0.29, 0.717) is 11.0 Å². The first kappa shape index (κ1) is 17.3. The molecule has 0 radical (unpaired) electrons. The van der Waals surface area contributed by atoms with E-state index in [2.05, 4.69) is 15.3 Å². The molecule has 0 atom stereocenters. The number of nitrogens with zero attached hydrogens (tertiary/aromatic N) is 3. The summed E-state index contributed by atoms with van der Waals surface area (Å²) in [4.78, 5) is 8.31. The van der Waals surface area contributed by atoms with Crippen LogP contribution in [0.2, 0.25) is 5.15 Å². The smallest absolute Gasteiger partial charge is 0.190 e. The average molecular weight is 321 g/mol. The van der Waals surface area contributed by atoms with Crippen LogP contribution in [0.4, 0.5) is 11.5 Å². The van der Waals surface area contributed by atoms with Crippen LogP contribution < -0.4 is 5.32 Å². The van der Waals surface area contributed by atoms with Crippen LogP contribution in [0.1, 0.15) is 25.0 Å². The van der Waals surface area contributed by atoms with Gasteiger partial charge in [0, 0.05) is 5.69 Å². The third-order valence-electron chi connectivity index (χ3n) is 2.45. The summed E-state index contributed by atoms with van der Waals surface area (Å²) in [6.07, 6.45) is 1.85. The van der Waals surface area contributed by atoms with Crippen molar-refractivity contribution in [3.8, 4) is 6.07 Å². The Balaban J connectivity index is 0.00000106. The van der Waals surface area contributed by atoms with E-state index in [-0.39, 0.29) is 10.7 Å². The maximum Gasteiger partial charge on any atom is 0.190 e. The number of halogens is 1. The summed E-state index contributed by atoms with van der Waals surface area (Å²) < 4.78 is 0. The van der Waals surface area contributed by atoms with Crippen LogP contribution in [-0.2, 0) is 0 Å². The molecule has 2 aromatic rings. The van der Waals surface area contributed by atoms with E-state index in [1.54, 1.807) is 0 Å². The van der Waals surface area contributed by atoms with Crippen LogP contribution in [0.25, 0.3) is 0 Å². The molecule has 0 aliphatic rings. The van der Waals surface area contributed by atoms with E-state index >= 15 is 0 Å². The quantitative estimate of drug-likeness (QED) is 0.500. The van der Waals surface area contributed by atoms with E-state index in [1.807, 2.05) is 57.4 Å². The van der Waals surface area contributed by atoms with Gasteiger partial charge in [-0.15, -0.1) is 0 Å². The molecule has 0 fully saturated rings. The molecular formula is C15H17ClN4S. The number of aromatic nitrogens is 2. The van der Waals surface area contributed by atoms with Crippen LogP contribution in [0.3, 0.4) is 0 Å². The minimum absolute atomic E-state index is 0.163. The molecule has 1 N–H and O–H groups in total. The Morgan fingerprint density at radius 3 is 2.33 bits per heavy atom. The normalized spacial score (nSPS) is 9.33. The van der Waals surface area contributed by atoms with E-state index in [4.69, 9.17) is 16.9 Å². The Hall–Kier alpha value is -1.77. The highest BCUT2D eigenvalue weighted by atomic mass is 35.5. The Labute approximate surface area is 134 Å². The summed E-state index contributed by atoms with van der Waals surface area (Å²) in [6.45, 7) is 6.01. The summed E-state index contributed by atoms with van der Waals surface area (Å²) in [5.41, 5.74) is 2.26. The fraction of sp³-hybridized carbons (Fsp3) is 0.267. The monoisotopic (exact) mass is 320 g/mol. The maximum atomic E-state index is 9.12. The Morgan fingerprint density at radius 1 is 1.19 bits per heavy atom.